The number of methoxy groups -OCH3 is 1. The normalized spacial score (nSPS) is 11.7. The molecule has 2 N–H and O–H groups in total. The van der Waals surface area contributed by atoms with Crippen molar-refractivity contribution in [3.05, 3.63) is 64.1 Å². The highest BCUT2D eigenvalue weighted by Crippen LogP contribution is 2.24. The second-order valence-electron chi connectivity index (χ2n) is 5.62. The van der Waals surface area contributed by atoms with Crippen molar-refractivity contribution in [2.45, 2.75) is 18.9 Å². The van der Waals surface area contributed by atoms with Crippen molar-refractivity contribution in [3.8, 4) is 0 Å². The third-order valence-electron chi connectivity index (χ3n) is 3.66. The molecular weight excluding hydrogens is 375 g/mol. The zero-order valence-electron chi connectivity index (χ0n) is 14.3. The molecule has 0 radical (unpaired) electrons. The van der Waals surface area contributed by atoms with Gasteiger partial charge in [-0.25, -0.2) is 0 Å². The molecule has 0 unspecified atom stereocenters. The molecule has 0 fully saturated rings. The maximum atomic E-state index is 12.8. The Labute approximate surface area is 162 Å². The topological polar surface area (TPSA) is 67.4 Å². The number of hydrogen-bond donors (Lipinski definition) is 2. The van der Waals surface area contributed by atoms with Crippen molar-refractivity contribution >= 4 is 40.8 Å². The Balaban J connectivity index is 2.07. The first kappa shape index (κ1) is 20.2. The molecule has 2 aromatic carbocycles. The van der Waals surface area contributed by atoms with Gasteiger partial charge in [-0.2, -0.15) is 0 Å². The zero-order valence-corrected chi connectivity index (χ0v) is 15.8. The average Bonchev–Trinajstić information content (AvgIpc) is 2.61. The van der Waals surface area contributed by atoms with Crippen molar-refractivity contribution in [2.24, 2.45) is 0 Å². The first-order valence-electron chi connectivity index (χ1n) is 8.11. The maximum Gasteiger partial charge on any atom is 0.305 e. The minimum absolute atomic E-state index is 0.243. The summed E-state index contributed by atoms with van der Waals surface area (Å²) in [5.74, 6) is -0.520. The van der Waals surface area contributed by atoms with E-state index in [9.17, 15) is 9.59 Å². The zero-order chi connectivity index (χ0) is 18.9. The predicted octanol–water partition coefficient (Wildman–Crippen LogP) is 4.22. The molecule has 1 atom stereocenters. The van der Waals surface area contributed by atoms with E-state index in [2.05, 4.69) is 15.4 Å². The van der Waals surface area contributed by atoms with E-state index < -0.39 is 6.04 Å². The minimum Gasteiger partial charge on any atom is -0.469 e. The Morgan fingerprint density at radius 3 is 2.35 bits per heavy atom. The highest BCUT2D eigenvalue weighted by molar-refractivity contribution is 6.35. The molecule has 2 aromatic rings. The molecule has 1 amide bonds. The number of benzene rings is 2. The second kappa shape index (κ2) is 10.2. The van der Waals surface area contributed by atoms with Crippen LogP contribution in [0.15, 0.2) is 48.5 Å². The smallest absolute Gasteiger partial charge is 0.305 e. The highest BCUT2D eigenvalue weighted by Gasteiger charge is 2.20. The fourth-order valence-corrected chi connectivity index (χ4v) is 2.96. The molecule has 0 aromatic heterocycles. The van der Waals surface area contributed by atoms with Crippen molar-refractivity contribution in [2.75, 3.05) is 19.0 Å². The monoisotopic (exact) mass is 394 g/mol. The van der Waals surface area contributed by atoms with E-state index >= 15 is 0 Å². The van der Waals surface area contributed by atoms with Crippen LogP contribution in [0, 0.1) is 0 Å². The molecule has 0 spiro atoms. The molecule has 0 aliphatic rings. The molecule has 7 heteroatoms. The summed E-state index contributed by atoms with van der Waals surface area (Å²) in [6.45, 7) is 0.485. The number of hydrogen-bond acceptors (Lipinski definition) is 4. The van der Waals surface area contributed by atoms with E-state index in [1.165, 1.54) is 7.11 Å². The quantitative estimate of drug-likeness (QED) is 0.519. The van der Waals surface area contributed by atoms with Crippen LogP contribution in [0.3, 0.4) is 0 Å². The number of amides is 1. The fraction of sp³-hybridized carbons (Fsp3) is 0.263. The summed E-state index contributed by atoms with van der Waals surface area (Å²) >= 11 is 12.0. The lowest BCUT2D eigenvalue weighted by Crippen LogP contribution is -2.33. The van der Waals surface area contributed by atoms with E-state index in [0.717, 1.165) is 5.56 Å². The van der Waals surface area contributed by atoms with Crippen LogP contribution in [0.5, 0.6) is 0 Å². The summed E-state index contributed by atoms with van der Waals surface area (Å²) in [5, 5.41) is 6.88. The Bertz CT molecular complexity index is 733. The lowest BCUT2D eigenvalue weighted by Gasteiger charge is -2.19. The molecule has 0 saturated heterocycles. The van der Waals surface area contributed by atoms with Crippen LogP contribution in [0.4, 0.5) is 5.69 Å². The van der Waals surface area contributed by atoms with Gasteiger partial charge in [-0.15, -0.1) is 0 Å². The van der Waals surface area contributed by atoms with Gasteiger partial charge < -0.3 is 15.4 Å². The summed E-state index contributed by atoms with van der Waals surface area (Å²) in [6, 6.07) is 13.6. The minimum atomic E-state index is -0.577. The molecule has 138 valence electrons. The lowest BCUT2D eigenvalue weighted by molar-refractivity contribution is -0.140. The summed E-state index contributed by atoms with van der Waals surface area (Å²) in [6.07, 6.45) is 0.850. The number of rotatable bonds is 8. The number of halogens is 2. The van der Waals surface area contributed by atoms with Gasteiger partial charge in [0.2, 0.25) is 5.91 Å². The van der Waals surface area contributed by atoms with E-state index in [1.807, 2.05) is 30.3 Å². The highest BCUT2D eigenvalue weighted by atomic mass is 35.5. The molecule has 0 aliphatic heterocycles. The summed E-state index contributed by atoms with van der Waals surface area (Å²) in [4.78, 5) is 24.0. The number of nitrogens with one attached hydrogen (secondary N) is 2. The van der Waals surface area contributed by atoms with Crippen molar-refractivity contribution in [1.29, 1.82) is 0 Å². The van der Waals surface area contributed by atoms with Crippen LogP contribution in [0.1, 0.15) is 24.4 Å². The van der Waals surface area contributed by atoms with Gasteiger partial charge in [0.15, 0.2) is 0 Å². The van der Waals surface area contributed by atoms with Gasteiger partial charge in [-0.05, 0) is 36.7 Å². The Morgan fingerprint density at radius 2 is 1.73 bits per heavy atom. The van der Waals surface area contributed by atoms with Gasteiger partial charge in [0.25, 0.3) is 0 Å². The van der Waals surface area contributed by atoms with Crippen LogP contribution in [-0.2, 0) is 14.3 Å². The number of anilines is 1. The number of ether oxygens (including phenoxy) is 1. The third kappa shape index (κ3) is 6.33. The standard InChI is InChI=1S/C19H20Cl2N2O3/c1-26-17(24)8-5-9-22-18(13-6-3-2-4-7-13)19(25)23-16-11-14(20)10-15(21)12-16/h2-4,6-7,10-12,18,22H,5,8-9H2,1H3,(H,23,25)/t18-/m0/s1. The summed E-state index contributed by atoms with van der Waals surface area (Å²) < 4.78 is 4.62. The van der Waals surface area contributed by atoms with Gasteiger partial charge >= 0.3 is 5.97 Å². The van der Waals surface area contributed by atoms with E-state index in [4.69, 9.17) is 23.2 Å². The molecule has 26 heavy (non-hydrogen) atoms. The fourth-order valence-electron chi connectivity index (χ4n) is 2.43. The van der Waals surface area contributed by atoms with Gasteiger partial charge in [-0.1, -0.05) is 53.5 Å². The first-order valence-corrected chi connectivity index (χ1v) is 8.87. The van der Waals surface area contributed by atoms with Gasteiger partial charge in [-0.3, -0.25) is 9.59 Å². The van der Waals surface area contributed by atoms with Crippen molar-refractivity contribution in [3.63, 3.8) is 0 Å². The Hall–Kier alpha value is -2.08. The average molecular weight is 395 g/mol. The van der Waals surface area contributed by atoms with Crippen LogP contribution in [0.2, 0.25) is 10.0 Å². The third-order valence-corrected chi connectivity index (χ3v) is 4.10. The van der Waals surface area contributed by atoms with E-state index in [1.54, 1.807) is 18.2 Å². The first-order chi connectivity index (χ1) is 12.5. The van der Waals surface area contributed by atoms with Gasteiger partial charge in [0, 0.05) is 22.2 Å². The van der Waals surface area contributed by atoms with Gasteiger partial charge in [0.1, 0.15) is 6.04 Å². The second-order valence-corrected chi connectivity index (χ2v) is 6.50. The predicted molar refractivity (Wildman–Crippen MR) is 104 cm³/mol. The Morgan fingerprint density at radius 1 is 1.08 bits per heavy atom. The molecular formula is C19H20Cl2N2O3. The summed E-state index contributed by atoms with van der Waals surface area (Å²) in [5.41, 5.74) is 1.33. The van der Waals surface area contributed by atoms with Crippen molar-refractivity contribution < 1.29 is 14.3 Å². The number of carbonyl (C=O) groups excluding carboxylic acids is 2. The van der Waals surface area contributed by atoms with E-state index in [-0.39, 0.29) is 18.3 Å². The molecule has 5 nitrogen and oxygen atoms in total. The molecule has 2 rings (SSSR count). The number of carbonyl (C=O) groups is 2. The van der Waals surface area contributed by atoms with Crippen LogP contribution in [-0.4, -0.2) is 25.5 Å². The Kier molecular flexibility index (Phi) is 7.91. The number of esters is 1. The summed E-state index contributed by atoms with van der Waals surface area (Å²) in [7, 11) is 1.35. The molecule has 0 aliphatic carbocycles. The lowest BCUT2D eigenvalue weighted by atomic mass is 10.1. The van der Waals surface area contributed by atoms with E-state index in [0.29, 0.717) is 28.7 Å². The molecule has 0 bridgehead atoms. The SMILES string of the molecule is COC(=O)CCCN[C@H](C(=O)Nc1cc(Cl)cc(Cl)c1)c1ccccc1. The molecule has 0 heterocycles. The van der Waals surface area contributed by atoms with Crippen LogP contribution >= 0.6 is 23.2 Å². The van der Waals surface area contributed by atoms with Crippen LogP contribution in [0.25, 0.3) is 0 Å². The van der Waals surface area contributed by atoms with Crippen LogP contribution < -0.4 is 10.6 Å². The molecule has 0 saturated carbocycles. The largest absolute Gasteiger partial charge is 0.469 e. The van der Waals surface area contributed by atoms with Crippen molar-refractivity contribution in [1.82, 2.24) is 5.32 Å². The maximum absolute atomic E-state index is 12.8. The van der Waals surface area contributed by atoms with Gasteiger partial charge in [0.05, 0.1) is 7.11 Å².